The van der Waals surface area contributed by atoms with E-state index in [0.717, 1.165) is 0 Å². The third-order valence-electron chi connectivity index (χ3n) is 3.73. The van der Waals surface area contributed by atoms with Crippen LogP contribution in [0.4, 0.5) is 10.1 Å². The van der Waals surface area contributed by atoms with Gasteiger partial charge in [0.05, 0.1) is 6.20 Å². The standard InChI is InChI=1S/C19H23FN4O3/c1-2-27-13-3-11-24(19(26)17-14-21-9-10-22-17)12-8-18(25)23-16-6-4-15(20)5-7-16/h4-7,9-10,14H,2-3,8,11-13H2,1H3,(H,23,25). The fourth-order valence-electron chi connectivity index (χ4n) is 2.38. The van der Waals surface area contributed by atoms with E-state index in [2.05, 4.69) is 15.3 Å². The maximum absolute atomic E-state index is 12.9. The van der Waals surface area contributed by atoms with Crippen molar-refractivity contribution in [3.05, 3.63) is 54.4 Å². The molecule has 27 heavy (non-hydrogen) atoms. The molecule has 0 saturated carbocycles. The third kappa shape index (κ3) is 7.10. The van der Waals surface area contributed by atoms with E-state index in [9.17, 15) is 14.0 Å². The molecule has 0 aliphatic rings. The van der Waals surface area contributed by atoms with Gasteiger partial charge in [0.1, 0.15) is 11.5 Å². The fourth-order valence-corrected chi connectivity index (χ4v) is 2.38. The second-order valence-electron chi connectivity index (χ2n) is 5.74. The summed E-state index contributed by atoms with van der Waals surface area (Å²) in [4.78, 5) is 34.3. The lowest BCUT2D eigenvalue weighted by Crippen LogP contribution is -2.35. The summed E-state index contributed by atoms with van der Waals surface area (Å²) in [6.07, 6.45) is 5.10. The Bertz CT molecular complexity index is 725. The first kappa shape index (κ1) is 20.4. The van der Waals surface area contributed by atoms with E-state index in [-0.39, 0.29) is 36.3 Å². The summed E-state index contributed by atoms with van der Waals surface area (Å²) in [5.41, 5.74) is 0.734. The number of halogens is 1. The summed E-state index contributed by atoms with van der Waals surface area (Å²) in [6, 6.07) is 5.51. The number of benzene rings is 1. The number of rotatable bonds is 10. The molecule has 0 unspecified atom stereocenters. The van der Waals surface area contributed by atoms with E-state index in [1.54, 1.807) is 4.90 Å². The normalized spacial score (nSPS) is 10.4. The Kier molecular flexibility index (Phi) is 8.31. The van der Waals surface area contributed by atoms with Crippen molar-refractivity contribution in [2.45, 2.75) is 19.8 Å². The SMILES string of the molecule is CCOCCCN(CCC(=O)Nc1ccc(F)cc1)C(=O)c1cnccn1. The van der Waals surface area contributed by atoms with Crippen LogP contribution in [0.1, 0.15) is 30.3 Å². The average Bonchev–Trinajstić information content (AvgIpc) is 2.69. The molecule has 2 amide bonds. The Hall–Kier alpha value is -2.87. The first-order valence-electron chi connectivity index (χ1n) is 8.78. The van der Waals surface area contributed by atoms with Crippen molar-refractivity contribution in [3.8, 4) is 0 Å². The van der Waals surface area contributed by atoms with Gasteiger partial charge in [-0.2, -0.15) is 0 Å². The molecule has 8 heteroatoms. The van der Waals surface area contributed by atoms with Crippen LogP contribution in [-0.2, 0) is 9.53 Å². The molecule has 7 nitrogen and oxygen atoms in total. The Balaban J connectivity index is 1.92. The highest BCUT2D eigenvalue weighted by molar-refractivity contribution is 5.93. The first-order valence-corrected chi connectivity index (χ1v) is 8.78. The minimum atomic E-state index is -0.372. The van der Waals surface area contributed by atoms with Crippen LogP contribution in [0.5, 0.6) is 0 Å². The summed E-state index contributed by atoms with van der Waals surface area (Å²) in [6.45, 7) is 3.72. The molecule has 0 spiro atoms. The number of ether oxygens (including phenoxy) is 1. The molecule has 0 aliphatic carbocycles. The number of hydrogen-bond acceptors (Lipinski definition) is 5. The van der Waals surface area contributed by atoms with Gasteiger partial charge in [-0.3, -0.25) is 14.6 Å². The summed E-state index contributed by atoms with van der Waals surface area (Å²) < 4.78 is 18.2. The lowest BCUT2D eigenvalue weighted by Gasteiger charge is -2.22. The monoisotopic (exact) mass is 374 g/mol. The van der Waals surface area contributed by atoms with Crippen molar-refractivity contribution in [2.24, 2.45) is 0 Å². The van der Waals surface area contributed by atoms with E-state index in [0.29, 0.717) is 31.9 Å². The molecule has 0 fully saturated rings. The number of hydrogen-bond donors (Lipinski definition) is 1. The van der Waals surface area contributed by atoms with Gasteiger partial charge in [-0.25, -0.2) is 9.37 Å². The smallest absolute Gasteiger partial charge is 0.274 e. The molecule has 2 rings (SSSR count). The Labute approximate surface area is 157 Å². The maximum atomic E-state index is 12.9. The molecule has 1 aromatic heterocycles. The highest BCUT2D eigenvalue weighted by Gasteiger charge is 2.18. The number of nitrogens with one attached hydrogen (secondary N) is 1. The predicted molar refractivity (Wildman–Crippen MR) is 98.7 cm³/mol. The van der Waals surface area contributed by atoms with E-state index >= 15 is 0 Å². The number of amides is 2. The van der Waals surface area contributed by atoms with E-state index in [1.165, 1.54) is 42.9 Å². The Morgan fingerprint density at radius 2 is 1.96 bits per heavy atom. The zero-order chi connectivity index (χ0) is 19.5. The van der Waals surface area contributed by atoms with E-state index in [1.807, 2.05) is 6.92 Å². The van der Waals surface area contributed by atoms with Gasteiger partial charge in [-0.15, -0.1) is 0 Å². The zero-order valence-corrected chi connectivity index (χ0v) is 15.2. The van der Waals surface area contributed by atoms with Crippen LogP contribution < -0.4 is 5.32 Å². The largest absolute Gasteiger partial charge is 0.382 e. The van der Waals surface area contributed by atoms with Gasteiger partial charge in [0.2, 0.25) is 5.91 Å². The van der Waals surface area contributed by atoms with E-state index in [4.69, 9.17) is 4.74 Å². The van der Waals surface area contributed by atoms with Crippen LogP contribution in [0.2, 0.25) is 0 Å². The van der Waals surface area contributed by atoms with Crippen molar-refractivity contribution >= 4 is 17.5 Å². The van der Waals surface area contributed by atoms with Crippen LogP contribution in [0.25, 0.3) is 0 Å². The molecule has 0 atom stereocenters. The molecular formula is C19H23FN4O3. The number of carbonyl (C=O) groups excluding carboxylic acids is 2. The second kappa shape index (κ2) is 11.0. The minimum absolute atomic E-state index is 0.109. The quantitative estimate of drug-likeness (QED) is 0.646. The molecule has 1 aromatic carbocycles. The summed E-state index contributed by atoms with van der Waals surface area (Å²) in [5.74, 6) is -0.916. The molecule has 0 bridgehead atoms. The minimum Gasteiger partial charge on any atom is -0.382 e. The lowest BCUT2D eigenvalue weighted by atomic mass is 10.2. The number of carbonyl (C=O) groups is 2. The van der Waals surface area contributed by atoms with Gasteiger partial charge < -0.3 is 15.0 Å². The molecule has 1 heterocycles. The van der Waals surface area contributed by atoms with Crippen molar-refractivity contribution in [1.82, 2.24) is 14.9 Å². The Morgan fingerprint density at radius 1 is 1.19 bits per heavy atom. The van der Waals surface area contributed by atoms with Gasteiger partial charge in [0.25, 0.3) is 5.91 Å². The van der Waals surface area contributed by atoms with Crippen molar-refractivity contribution in [3.63, 3.8) is 0 Å². The van der Waals surface area contributed by atoms with Gasteiger partial charge in [0.15, 0.2) is 0 Å². The van der Waals surface area contributed by atoms with E-state index < -0.39 is 0 Å². The van der Waals surface area contributed by atoms with Crippen molar-refractivity contribution < 1.29 is 18.7 Å². The second-order valence-corrected chi connectivity index (χ2v) is 5.74. The summed E-state index contributed by atoms with van der Waals surface area (Å²) in [5, 5.41) is 2.68. The summed E-state index contributed by atoms with van der Waals surface area (Å²) in [7, 11) is 0. The average molecular weight is 374 g/mol. The molecule has 0 saturated heterocycles. The van der Waals surface area contributed by atoms with Crippen LogP contribution in [0.15, 0.2) is 42.9 Å². The summed E-state index contributed by atoms with van der Waals surface area (Å²) >= 11 is 0. The molecule has 0 radical (unpaired) electrons. The molecular weight excluding hydrogens is 351 g/mol. The highest BCUT2D eigenvalue weighted by Crippen LogP contribution is 2.09. The predicted octanol–water partition coefficient (Wildman–Crippen LogP) is 2.51. The highest BCUT2D eigenvalue weighted by atomic mass is 19.1. The molecule has 144 valence electrons. The molecule has 2 aromatic rings. The van der Waals surface area contributed by atoms with Crippen LogP contribution in [0.3, 0.4) is 0 Å². The van der Waals surface area contributed by atoms with Crippen LogP contribution in [-0.4, -0.2) is 53.0 Å². The lowest BCUT2D eigenvalue weighted by molar-refractivity contribution is -0.116. The maximum Gasteiger partial charge on any atom is 0.274 e. The fraction of sp³-hybridized carbons (Fsp3) is 0.368. The first-order chi connectivity index (χ1) is 13.1. The number of anilines is 1. The zero-order valence-electron chi connectivity index (χ0n) is 15.2. The topological polar surface area (TPSA) is 84.4 Å². The van der Waals surface area contributed by atoms with Crippen LogP contribution >= 0.6 is 0 Å². The Morgan fingerprint density at radius 3 is 2.63 bits per heavy atom. The third-order valence-corrected chi connectivity index (χ3v) is 3.73. The van der Waals surface area contributed by atoms with Gasteiger partial charge >= 0.3 is 0 Å². The van der Waals surface area contributed by atoms with Gasteiger partial charge in [0, 0.05) is 50.8 Å². The number of aromatic nitrogens is 2. The van der Waals surface area contributed by atoms with Gasteiger partial charge in [-0.05, 0) is 37.6 Å². The molecule has 0 aliphatic heterocycles. The van der Waals surface area contributed by atoms with Crippen LogP contribution in [0, 0.1) is 5.82 Å². The van der Waals surface area contributed by atoms with Gasteiger partial charge in [-0.1, -0.05) is 0 Å². The van der Waals surface area contributed by atoms with Crippen molar-refractivity contribution in [2.75, 3.05) is 31.6 Å². The number of nitrogens with zero attached hydrogens (tertiary/aromatic N) is 3. The van der Waals surface area contributed by atoms with Crippen molar-refractivity contribution in [1.29, 1.82) is 0 Å². The molecule has 1 N–H and O–H groups in total.